The van der Waals surface area contributed by atoms with Crippen LogP contribution >= 0.6 is 11.6 Å². The van der Waals surface area contributed by atoms with E-state index in [1.807, 2.05) is 57.2 Å². The van der Waals surface area contributed by atoms with Crippen LogP contribution in [0.15, 0.2) is 36.4 Å². The van der Waals surface area contributed by atoms with Crippen molar-refractivity contribution >= 4 is 40.2 Å². The number of carboxylic acid groups (broad SMARTS) is 1. The molecule has 2 amide bonds. The minimum Gasteiger partial charge on any atom is -0.465 e. The molecule has 4 heterocycles. The van der Waals surface area contributed by atoms with E-state index in [1.165, 1.54) is 4.90 Å². The second-order valence-corrected chi connectivity index (χ2v) is 13.7. The maximum absolute atomic E-state index is 12.9. The lowest BCUT2D eigenvalue weighted by Gasteiger charge is -2.45. The molecule has 0 bridgehead atoms. The van der Waals surface area contributed by atoms with Crippen molar-refractivity contribution in [3.8, 4) is 12.1 Å². The van der Waals surface area contributed by atoms with Crippen molar-refractivity contribution in [3.05, 3.63) is 58.4 Å². The van der Waals surface area contributed by atoms with Crippen LogP contribution in [0.4, 0.5) is 15.3 Å². The highest BCUT2D eigenvalue weighted by molar-refractivity contribution is 6.36. The lowest BCUT2D eigenvalue weighted by molar-refractivity contribution is 0.0183. The summed E-state index contributed by atoms with van der Waals surface area (Å²) in [5.74, 6) is 0. The normalized spacial score (nSPS) is 21.3. The zero-order valence-electron chi connectivity index (χ0n) is 27.0. The van der Waals surface area contributed by atoms with Crippen LogP contribution in [0.25, 0.3) is 10.8 Å². The maximum atomic E-state index is 12.9. The first-order valence-corrected chi connectivity index (χ1v) is 16.4. The number of halogens is 1. The molecule has 13 heteroatoms. The van der Waals surface area contributed by atoms with E-state index < -0.39 is 23.3 Å². The van der Waals surface area contributed by atoms with Gasteiger partial charge in [0, 0.05) is 49.4 Å². The number of nitrogens with one attached hydrogen (secondary N) is 1. The Kier molecular flexibility index (Phi) is 9.05. The number of benzene rings is 2. The van der Waals surface area contributed by atoms with Gasteiger partial charge in [-0.05, 0) is 57.6 Å². The molecule has 1 aromatic heterocycles. The largest absolute Gasteiger partial charge is 0.465 e. The molecule has 0 saturated carbocycles. The van der Waals surface area contributed by atoms with E-state index in [4.69, 9.17) is 31.0 Å². The predicted octanol–water partition coefficient (Wildman–Crippen LogP) is 5.32. The van der Waals surface area contributed by atoms with Crippen molar-refractivity contribution in [2.45, 2.75) is 70.2 Å². The fourth-order valence-electron chi connectivity index (χ4n) is 7.00. The summed E-state index contributed by atoms with van der Waals surface area (Å²) in [5.41, 5.74) is 1.12. The third-order valence-corrected chi connectivity index (χ3v) is 9.43. The third-order valence-electron chi connectivity index (χ3n) is 9.12. The van der Waals surface area contributed by atoms with Crippen LogP contribution in [0.5, 0.6) is 6.01 Å². The van der Waals surface area contributed by atoms with Gasteiger partial charge in [-0.15, -0.1) is 0 Å². The Bertz CT molecular complexity index is 1720. The molecule has 2 saturated heterocycles. The highest BCUT2D eigenvalue weighted by atomic mass is 35.5. The Morgan fingerprint density at radius 2 is 1.96 bits per heavy atom. The van der Waals surface area contributed by atoms with Gasteiger partial charge in [0.25, 0.3) is 0 Å². The lowest BCUT2D eigenvalue weighted by atomic mass is 9.83. The number of hydrogen-bond donors (Lipinski definition) is 2. The van der Waals surface area contributed by atoms with Crippen LogP contribution in [0, 0.1) is 11.3 Å². The fraction of sp³-hybridized carbons (Fsp3) is 0.500. The number of aromatic nitrogens is 2. The summed E-state index contributed by atoms with van der Waals surface area (Å²) in [6.07, 6.45) is 0.490. The molecule has 0 spiro atoms. The van der Waals surface area contributed by atoms with Gasteiger partial charge in [0.05, 0.1) is 41.5 Å². The van der Waals surface area contributed by atoms with Gasteiger partial charge < -0.3 is 29.7 Å². The number of carbonyl (C=O) groups is 2. The van der Waals surface area contributed by atoms with E-state index in [-0.39, 0.29) is 38.2 Å². The van der Waals surface area contributed by atoms with Crippen LogP contribution in [-0.4, -0.2) is 88.0 Å². The second kappa shape index (κ2) is 13.0. The minimum absolute atomic E-state index is 0.0841. The summed E-state index contributed by atoms with van der Waals surface area (Å²) < 4.78 is 11.9. The number of carbonyl (C=O) groups excluding carboxylic acids is 1. The molecular weight excluding hydrogens is 622 g/mol. The summed E-state index contributed by atoms with van der Waals surface area (Å²) in [6, 6.07) is 14.0. The van der Waals surface area contributed by atoms with Gasteiger partial charge >= 0.3 is 18.2 Å². The number of likely N-dealkylation sites (tertiary alicyclic amines) is 1. The van der Waals surface area contributed by atoms with Gasteiger partial charge in [-0.3, -0.25) is 4.90 Å². The van der Waals surface area contributed by atoms with Crippen LogP contribution in [-0.2, 0) is 23.2 Å². The lowest BCUT2D eigenvalue weighted by Crippen LogP contribution is -2.61. The second-order valence-electron chi connectivity index (χ2n) is 13.3. The average Bonchev–Trinajstić information content (AvgIpc) is 3.51. The highest BCUT2D eigenvalue weighted by Crippen LogP contribution is 2.40. The third kappa shape index (κ3) is 6.47. The standard InChI is InChI=1S/C34H40ClN7O5/c1-33(2,3)47-32(45)41-16-6-9-23(41)20-46-30-38-26-19-40(27-11-5-8-22-7-4-10-25(35)28(22)27)17-12-24(26)29(39-30)34(13-14-36)21-37-15-18-42(34)31(43)44/h4-5,7-8,10-11,23,37H,6,9,12-13,15-21H2,1-3H3,(H,43,44)/t23-,34?/m0/s1. The number of nitrogens with zero attached hydrogens (tertiary/aromatic N) is 6. The van der Waals surface area contributed by atoms with Gasteiger partial charge in [-0.1, -0.05) is 35.9 Å². The molecule has 2 aromatic carbocycles. The Morgan fingerprint density at radius 1 is 1.17 bits per heavy atom. The molecule has 0 radical (unpaired) electrons. The number of nitriles is 1. The van der Waals surface area contributed by atoms with Gasteiger partial charge in [0.1, 0.15) is 17.7 Å². The smallest absolute Gasteiger partial charge is 0.410 e. The molecular formula is C34H40ClN7O5. The first-order chi connectivity index (χ1) is 22.5. The number of anilines is 1. The molecule has 0 aliphatic carbocycles. The van der Waals surface area contributed by atoms with E-state index in [9.17, 15) is 20.0 Å². The Hall–Kier alpha value is -4.34. The molecule has 2 N–H and O–H groups in total. The topological polar surface area (TPSA) is 144 Å². The quantitative estimate of drug-likeness (QED) is 0.356. The van der Waals surface area contributed by atoms with Crippen LogP contribution < -0.4 is 15.0 Å². The molecule has 2 atom stereocenters. The van der Waals surface area contributed by atoms with Crippen molar-refractivity contribution in [3.63, 3.8) is 0 Å². The minimum atomic E-state index is -1.23. The summed E-state index contributed by atoms with van der Waals surface area (Å²) in [6.45, 7) is 8.14. The summed E-state index contributed by atoms with van der Waals surface area (Å²) in [4.78, 5) is 40.5. The molecule has 3 aliphatic rings. The van der Waals surface area contributed by atoms with Gasteiger partial charge in [-0.2, -0.15) is 15.2 Å². The SMILES string of the molecule is CC(C)(C)OC(=O)N1CCC[C@H]1COc1nc2c(c(C3(CC#N)CNCCN3C(=O)O)n1)CCN(c1cccc3cccc(Cl)c13)C2. The van der Waals surface area contributed by atoms with Crippen molar-refractivity contribution in [1.29, 1.82) is 5.26 Å². The van der Waals surface area contributed by atoms with Crippen molar-refractivity contribution in [1.82, 2.24) is 25.1 Å². The van der Waals surface area contributed by atoms with Crippen LogP contribution in [0.1, 0.15) is 57.0 Å². The number of piperazine rings is 1. The summed E-state index contributed by atoms with van der Waals surface area (Å²) in [5, 5.41) is 26.2. The first kappa shape index (κ1) is 32.6. The molecule has 2 fully saturated rings. The number of ether oxygens (including phenoxy) is 2. The number of hydrogen-bond acceptors (Lipinski definition) is 9. The molecule has 3 aliphatic heterocycles. The van der Waals surface area contributed by atoms with E-state index in [2.05, 4.69) is 16.3 Å². The highest BCUT2D eigenvalue weighted by Gasteiger charge is 2.47. The maximum Gasteiger partial charge on any atom is 0.410 e. The monoisotopic (exact) mass is 661 g/mol. The van der Waals surface area contributed by atoms with Crippen molar-refractivity contribution < 1.29 is 24.2 Å². The molecule has 1 unspecified atom stereocenters. The van der Waals surface area contributed by atoms with Gasteiger partial charge in [-0.25, -0.2) is 9.59 Å². The molecule has 3 aromatic rings. The summed E-state index contributed by atoms with van der Waals surface area (Å²) in [7, 11) is 0. The van der Waals surface area contributed by atoms with Gasteiger partial charge in [0.15, 0.2) is 0 Å². The van der Waals surface area contributed by atoms with Crippen LogP contribution in [0.3, 0.4) is 0 Å². The zero-order valence-corrected chi connectivity index (χ0v) is 27.7. The first-order valence-electron chi connectivity index (χ1n) is 16.0. The Balaban J connectivity index is 1.39. The van der Waals surface area contributed by atoms with Crippen LogP contribution in [0.2, 0.25) is 5.02 Å². The number of fused-ring (bicyclic) bond motifs is 2. The van der Waals surface area contributed by atoms with Crippen molar-refractivity contribution in [2.75, 3.05) is 44.2 Å². The average molecular weight is 662 g/mol. The summed E-state index contributed by atoms with van der Waals surface area (Å²) >= 11 is 6.70. The number of rotatable bonds is 6. The zero-order chi connectivity index (χ0) is 33.3. The Labute approximate surface area is 279 Å². The predicted molar refractivity (Wildman–Crippen MR) is 177 cm³/mol. The Morgan fingerprint density at radius 3 is 2.70 bits per heavy atom. The van der Waals surface area contributed by atoms with E-state index >= 15 is 0 Å². The molecule has 6 rings (SSSR count). The van der Waals surface area contributed by atoms with E-state index in [1.54, 1.807) is 4.90 Å². The fourth-order valence-corrected chi connectivity index (χ4v) is 7.28. The molecule has 248 valence electrons. The molecule has 12 nitrogen and oxygen atoms in total. The number of amides is 2. The molecule has 47 heavy (non-hydrogen) atoms. The van der Waals surface area contributed by atoms with E-state index in [0.717, 1.165) is 34.9 Å². The van der Waals surface area contributed by atoms with Gasteiger partial charge in [0.2, 0.25) is 0 Å². The van der Waals surface area contributed by atoms with Crippen molar-refractivity contribution in [2.24, 2.45) is 0 Å². The van der Waals surface area contributed by atoms with E-state index in [0.29, 0.717) is 49.0 Å².